The Bertz CT molecular complexity index is 741. The maximum absolute atomic E-state index is 12.0. The molecule has 0 unspecified atom stereocenters. The fourth-order valence-corrected chi connectivity index (χ4v) is 3.04. The minimum absolute atomic E-state index is 0.120. The molecule has 2 amide bonds. The van der Waals surface area contributed by atoms with Gasteiger partial charge in [0.2, 0.25) is 17.0 Å². The standard InChI is InChI=1S/C16H22N6O2S/c1-5-17-15(24)12(4)18-13(23)9-25-16-19-20-21-22(16)14-10(2)7-6-8-11(14)3/h6-8,12H,5,9H2,1-4H3,(H,17,24)(H,18,23)/t12-/m0/s1. The molecule has 134 valence electrons. The number of tetrazole rings is 1. The normalized spacial score (nSPS) is 11.8. The minimum atomic E-state index is -0.581. The molecule has 0 aliphatic rings. The Morgan fingerprint density at radius 2 is 1.96 bits per heavy atom. The van der Waals surface area contributed by atoms with Crippen molar-refractivity contribution in [2.45, 2.75) is 38.9 Å². The van der Waals surface area contributed by atoms with Crippen LogP contribution in [0.5, 0.6) is 0 Å². The second-order valence-electron chi connectivity index (χ2n) is 5.59. The smallest absolute Gasteiger partial charge is 0.242 e. The van der Waals surface area contributed by atoms with Gasteiger partial charge in [-0.15, -0.1) is 5.10 Å². The van der Waals surface area contributed by atoms with Gasteiger partial charge in [-0.05, 0) is 49.2 Å². The molecule has 8 nitrogen and oxygen atoms in total. The molecule has 1 atom stereocenters. The predicted molar refractivity (Wildman–Crippen MR) is 95.6 cm³/mol. The molecule has 25 heavy (non-hydrogen) atoms. The lowest BCUT2D eigenvalue weighted by molar-refractivity contribution is -0.127. The summed E-state index contributed by atoms with van der Waals surface area (Å²) in [5.41, 5.74) is 3.00. The first-order valence-corrected chi connectivity index (χ1v) is 8.97. The predicted octanol–water partition coefficient (Wildman–Crippen LogP) is 1.01. The summed E-state index contributed by atoms with van der Waals surface area (Å²) < 4.78 is 1.63. The number of rotatable bonds is 7. The zero-order chi connectivity index (χ0) is 18.4. The van der Waals surface area contributed by atoms with Crippen molar-refractivity contribution < 1.29 is 9.59 Å². The van der Waals surface area contributed by atoms with Crippen molar-refractivity contribution in [2.75, 3.05) is 12.3 Å². The van der Waals surface area contributed by atoms with Crippen molar-refractivity contribution in [1.29, 1.82) is 0 Å². The van der Waals surface area contributed by atoms with Crippen molar-refractivity contribution in [2.24, 2.45) is 0 Å². The molecule has 0 aliphatic heterocycles. The van der Waals surface area contributed by atoms with E-state index in [1.807, 2.05) is 39.0 Å². The third-order valence-corrected chi connectivity index (χ3v) is 4.47. The molecule has 1 aromatic heterocycles. The van der Waals surface area contributed by atoms with Gasteiger partial charge in [0.25, 0.3) is 0 Å². The second-order valence-corrected chi connectivity index (χ2v) is 6.53. The maximum Gasteiger partial charge on any atom is 0.242 e. The van der Waals surface area contributed by atoms with Crippen LogP contribution >= 0.6 is 11.8 Å². The molecule has 1 aromatic carbocycles. The molecule has 2 N–H and O–H groups in total. The van der Waals surface area contributed by atoms with Crippen LogP contribution in [0.1, 0.15) is 25.0 Å². The van der Waals surface area contributed by atoms with Crippen LogP contribution in [0.15, 0.2) is 23.4 Å². The van der Waals surface area contributed by atoms with E-state index in [1.54, 1.807) is 11.6 Å². The molecule has 0 radical (unpaired) electrons. The van der Waals surface area contributed by atoms with E-state index < -0.39 is 6.04 Å². The average Bonchev–Trinajstić information content (AvgIpc) is 3.01. The largest absolute Gasteiger partial charge is 0.355 e. The zero-order valence-corrected chi connectivity index (χ0v) is 15.6. The van der Waals surface area contributed by atoms with Gasteiger partial charge in [-0.1, -0.05) is 30.0 Å². The van der Waals surface area contributed by atoms with Crippen LogP contribution in [-0.2, 0) is 9.59 Å². The number of aryl methyl sites for hydroxylation is 2. The zero-order valence-electron chi connectivity index (χ0n) is 14.7. The summed E-state index contributed by atoms with van der Waals surface area (Å²) in [7, 11) is 0. The molecule has 1 heterocycles. The van der Waals surface area contributed by atoms with E-state index in [-0.39, 0.29) is 17.6 Å². The lowest BCUT2D eigenvalue weighted by Gasteiger charge is -2.13. The van der Waals surface area contributed by atoms with Crippen molar-refractivity contribution in [3.8, 4) is 5.69 Å². The fraction of sp³-hybridized carbons (Fsp3) is 0.438. The van der Waals surface area contributed by atoms with Crippen molar-refractivity contribution in [1.82, 2.24) is 30.8 Å². The number of carbonyl (C=O) groups excluding carboxylic acids is 2. The Balaban J connectivity index is 2.02. The molecule has 2 aromatic rings. The van der Waals surface area contributed by atoms with Crippen LogP contribution in [0, 0.1) is 13.8 Å². The number of amides is 2. The number of para-hydroxylation sites is 1. The summed E-state index contributed by atoms with van der Waals surface area (Å²) >= 11 is 1.22. The van der Waals surface area contributed by atoms with Crippen LogP contribution in [0.4, 0.5) is 0 Å². The highest BCUT2D eigenvalue weighted by molar-refractivity contribution is 7.99. The van der Waals surface area contributed by atoms with Gasteiger partial charge in [-0.25, -0.2) is 0 Å². The highest BCUT2D eigenvalue weighted by Gasteiger charge is 2.17. The second kappa shape index (κ2) is 8.61. The molecule has 0 spiro atoms. The van der Waals surface area contributed by atoms with Gasteiger partial charge in [0.05, 0.1) is 11.4 Å². The highest BCUT2D eigenvalue weighted by atomic mass is 32.2. The number of benzene rings is 1. The first-order valence-electron chi connectivity index (χ1n) is 7.98. The van der Waals surface area contributed by atoms with Crippen LogP contribution in [-0.4, -0.2) is 50.4 Å². The van der Waals surface area contributed by atoms with E-state index in [9.17, 15) is 9.59 Å². The molecule has 0 saturated heterocycles. The fourth-order valence-electron chi connectivity index (χ4n) is 2.36. The van der Waals surface area contributed by atoms with Gasteiger partial charge in [-0.3, -0.25) is 9.59 Å². The molecule has 0 bridgehead atoms. The molecular formula is C16H22N6O2S. The van der Waals surface area contributed by atoms with Crippen LogP contribution in [0.25, 0.3) is 5.69 Å². The first-order chi connectivity index (χ1) is 11.9. The van der Waals surface area contributed by atoms with Gasteiger partial charge in [0, 0.05) is 6.54 Å². The van der Waals surface area contributed by atoms with E-state index in [0.717, 1.165) is 16.8 Å². The van der Waals surface area contributed by atoms with Gasteiger partial charge < -0.3 is 10.6 Å². The number of aromatic nitrogens is 4. The Morgan fingerprint density at radius 3 is 2.60 bits per heavy atom. The Kier molecular flexibility index (Phi) is 6.51. The Morgan fingerprint density at radius 1 is 1.28 bits per heavy atom. The van der Waals surface area contributed by atoms with Crippen LogP contribution < -0.4 is 10.6 Å². The SMILES string of the molecule is CCNC(=O)[C@H](C)NC(=O)CSc1nnnn1-c1c(C)cccc1C. The van der Waals surface area contributed by atoms with E-state index in [0.29, 0.717) is 11.7 Å². The van der Waals surface area contributed by atoms with Gasteiger partial charge in [0.1, 0.15) is 6.04 Å². The molecule has 9 heteroatoms. The minimum Gasteiger partial charge on any atom is -0.355 e. The third kappa shape index (κ3) is 4.79. The molecule has 0 fully saturated rings. The summed E-state index contributed by atoms with van der Waals surface area (Å²) in [6.45, 7) is 7.97. The lowest BCUT2D eigenvalue weighted by Crippen LogP contribution is -2.45. The van der Waals surface area contributed by atoms with E-state index in [2.05, 4.69) is 26.2 Å². The number of nitrogens with zero attached hydrogens (tertiary/aromatic N) is 4. The monoisotopic (exact) mass is 362 g/mol. The quantitative estimate of drug-likeness (QED) is 0.713. The van der Waals surface area contributed by atoms with E-state index in [4.69, 9.17) is 0 Å². The van der Waals surface area contributed by atoms with Crippen molar-refractivity contribution >= 4 is 23.6 Å². The van der Waals surface area contributed by atoms with Gasteiger partial charge in [0.15, 0.2) is 0 Å². The van der Waals surface area contributed by atoms with E-state index in [1.165, 1.54) is 11.8 Å². The summed E-state index contributed by atoms with van der Waals surface area (Å²) in [4.78, 5) is 23.7. The number of likely N-dealkylation sites (N-methyl/N-ethyl adjacent to an activating group) is 1. The lowest BCUT2D eigenvalue weighted by atomic mass is 10.1. The van der Waals surface area contributed by atoms with Crippen molar-refractivity contribution in [3.05, 3.63) is 29.3 Å². The third-order valence-electron chi connectivity index (χ3n) is 3.55. The Hall–Kier alpha value is -2.42. The number of thioether (sulfide) groups is 1. The molecule has 0 saturated carbocycles. The van der Waals surface area contributed by atoms with Gasteiger partial charge >= 0.3 is 0 Å². The summed E-state index contributed by atoms with van der Waals surface area (Å²) in [5, 5.41) is 17.6. The van der Waals surface area contributed by atoms with Crippen LogP contribution in [0.2, 0.25) is 0 Å². The topological polar surface area (TPSA) is 102 Å². The van der Waals surface area contributed by atoms with E-state index >= 15 is 0 Å². The Labute approximate surface area is 150 Å². The number of carbonyl (C=O) groups is 2. The molecule has 0 aliphatic carbocycles. The maximum atomic E-state index is 12.0. The summed E-state index contributed by atoms with van der Waals surface area (Å²) in [6.07, 6.45) is 0. The first kappa shape index (κ1) is 18.9. The molecular weight excluding hydrogens is 340 g/mol. The van der Waals surface area contributed by atoms with Crippen LogP contribution in [0.3, 0.4) is 0 Å². The number of nitrogens with one attached hydrogen (secondary N) is 2. The average molecular weight is 362 g/mol. The highest BCUT2D eigenvalue weighted by Crippen LogP contribution is 2.23. The van der Waals surface area contributed by atoms with Gasteiger partial charge in [-0.2, -0.15) is 4.68 Å². The molecule has 2 rings (SSSR count). The number of hydrogen-bond acceptors (Lipinski definition) is 6. The number of hydrogen-bond donors (Lipinski definition) is 2. The summed E-state index contributed by atoms with van der Waals surface area (Å²) in [5.74, 6) is -0.337. The van der Waals surface area contributed by atoms with Crippen molar-refractivity contribution in [3.63, 3.8) is 0 Å². The summed E-state index contributed by atoms with van der Waals surface area (Å²) in [6, 6.07) is 5.36.